The lowest BCUT2D eigenvalue weighted by Crippen LogP contribution is -2.49. The maximum absolute atomic E-state index is 10.7. The van der Waals surface area contributed by atoms with Crippen LogP contribution in [-0.4, -0.2) is 30.6 Å². The van der Waals surface area contributed by atoms with E-state index < -0.39 is 4.92 Å². The van der Waals surface area contributed by atoms with Gasteiger partial charge in [0, 0.05) is 37.8 Å². The molecule has 0 aliphatic carbocycles. The molecule has 2 rings (SSSR count). The van der Waals surface area contributed by atoms with E-state index in [1.165, 1.54) is 12.1 Å². The van der Waals surface area contributed by atoms with Crippen molar-refractivity contribution in [1.29, 1.82) is 5.26 Å². The molecule has 1 aromatic rings. The molecule has 0 spiro atoms. The van der Waals surface area contributed by atoms with Crippen LogP contribution in [0.1, 0.15) is 12.5 Å². The summed E-state index contributed by atoms with van der Waals surface area (Å²) in [5, 5.41) is 23.1. The molecular weight excluding hydrogens is 232 g/mol. The number of rotatable bonds is 2. The Bertz CT molecular complexity index is 509. The van der Waals surface area contributed by atoms with E-state index in [1.54, 1.807) is 6.07 Å². The summed E-state index contributed by atoms with van der Waals surface area (Å²) in [5.74, 6) is 0. The number of nitrogens with one attached hydrogen (secondary N) is 1. The predicted octanol–water partition coefficient (Wildman–Crippen LogP) is 1.26. The topological polar surface area (TPSA) is 82.2 Å². The maximum atomic E-state index is 10.7. The first-order valence-electron chi connectivity index (χ1n) is 5.78. The number of anilines is 1. The fraction of sp³-hybridized carbons (Fsp3) is 0.417. The molecule has 6 heteroatoms. The van der Waals surface area contributed by atoms with Gasteiger partial charge in [0.25, 0.3) is 5.69 Å². The molecule has 1 N–H and O–H groups in total. The first kappa shape index (κ1) is 12.3. The van der Waals surface area contributed by atoms with Crippen LogP contribution in [-0.2, 0) is 0 Å². The summed E-state index contributed by atoms with van der Waals surface area (Å²) in [6, 6.07) is 6.83. The Labute approximate surface area is 105 Å². The molecule has 1 aliphatic heterocycles. The fourth-order valence-corrected chi connectivity index (χ4v) is 2.15. The number of non-ortho nitro benzene ring substituents is 1. The smallest absolute Gasteiger partial charge is 0.270 e. The third-order valence-corrected chi connectivity index (χ3v) is 3.02. The monoisotopic (exact) mass is 246 g/mol. The highest BCUT2D eigenvalue weighted by atomic mass is 16.6. The Hall–Kier alpha value is -2.13. The van der Waals surface area contributed by atoms with Gasteiger partial charge in [-0.25, -0.2) is 0 Å². The van der Waals surface area contributed by atoms with Gasteiger partial charge < -0.3 is 10.2 Å². The number of benzene rings is 1. The number of nitriles is 1. The van der Waals surface area contributed by atoms with E-state index in [-0.39, 0.29) is 5.69 Å². The number of hydrogen-bond acceptors (Lipinski definition) is 5. The van der Waals surface area contributed by atoms with Crippen LogP contribution in [0.25, 0.3) is 0 Å². The van der Waals surface area contributed by atoms with Crippen LogP contribution in [0, 0.1) is 21.4 Å². The van der Waals surface area contributed by atoms with Gasteiger partial charge in [-0.05, 0) is 13.0 Å². The SMILES string of the molecule is C[C@@H]1CN(c2ccc([N+](=O)[O-])cc2C#N)CCN1. The lowest BCUT2D eigenvalue weighted by Gasteiger charge is -2.34. The van der Waals surface area contributed by atoms with E-state index in [4.69, 9.17) is 5.26 Å². The molecule has 0 bridgehead atoms. The summed E-state index contributed by atoms with van der Waals surface area (Å²) >= 11 is 0. The van der Waals surface area contributed by atoms with Gasteiger partial charge in [0.05, 0.1) is 16.2 Å². The maximum Gasteiger partial charge on any atom is 0.270 e. The van der Waals surface area contributed by atoms with Crippen LogP contribution in [0.5, 0.6) is 0 Å². The Morgan fingerprint density at radius 3 is 3.00 bits per heavy atom. The van der Waals surface area contributed by atoms with Crippen LogP contribution >= 0.6 is 0 Å². The van der Waals surface area contributed by atoms with Crippen molar-refractivity contribution in [3.05, 3.63) is 33.9 Å². The lowest BCUT2D eigenvalue weighted by atomic mass is 10.1. The molecule has 6 nitrogen and oxygen atoms in total. The molecule has 0 amide bonds. The van der Waals surface area contributed by atoms with E-state index in [0.29, 0.717) is 11.6 Å². The van der Waals surface area contributed by atoms with Crippen molar-refractivity contribution in [3.8, 4) is 6.07 Å². The van der Waals surface area contributed by atoms with Crippen molar-refractivity contribution in [2.45, 2.75) is 13.0 Å². The quantitative estimate of drug-likeness (QED) is 0.627. The van der Waals surface area contributed by atoms with Crippen molar-refractivity contribution < 1.29 is 4.92 Å². The predicted molar refractivity (Wildman–Crippen MR) is 67.5 cm³/mol. The standard InChI is InChI=1S/C12H14N4O2/c1-9-8-15(5-4-14-9)12-3-2-11(16(17)18)6-10(12)7-13/h2-3,6,9,14H,4-5,8H2,1H3/t9-/m1/s1. The molecule has 94 valence electrons. The fourth-order valence-electron chi connectivity index (χ4n) is 2.15. The van der Waals surface area contributed by atoms with Crippen LogP contribution in [0.2, 0.25) is 0 Å². The summed E-state index contributed by atoms with van der Waals surface area (Å²) in [4.78, 5) is 12.3. The Morgan fingerprint density at radius 1 is 1.61 bits per heavy atom. The van der Waals surface area contributed by atoms with Crippen molar-refractivity contribution in [2.75, 3.05) is 24.5 Å². The summed E-state index contributed by atoms with van der Waals surface area (Å²) in [7, 11) is 0. The third-order valence-electron chi connectivity index (χ3n) is 3.02. The minimum atomic E-state index is -0.481. The van der Waals surface area contributed by atoms with Crippen molar-refractivity contribution in [1.82, 2.24) is 5.32 Å². The second-order valence-corrected chi connectivity index (χ2v) is 4.37. The van der Waals surface area contributed by atoms with Gasteiger partial charge in [0.15, 0.2) is 0 Å². The van der Waals surface area contributed by atoms with Gasteiger partial charge in [-0.15, -0.1) is 0 Å². The second kappa shape index (κ2) is 5.02. The number of hydrogen-bond donors (Lipinski definition) is 1. The highest BCUT2D eigenvalue weighted by Gasteiger charge is 2.20. The van der Waals surface area contributed by atoms with Crippen molar-refractivity contribution in [3.63, 3.8) is 0 Å². The highest BCUT2D eigenvalue weighted by molar-refractivity contribution is 5.63. The van der Waals surface area contributed by atoms with E-state index in [9.17, 15) is 10.1 Å². The normalized spacial score (nSPS) is 19.3. The first-order chi connectivity index (χ1) is 8.61. The summed E-state index contributed by atoms with van der Waals surface area (Å²) in [5.41, 5.74) is 1.09. The Morgan fingerprint density at radius 2 is 2.39 bits per heavy atom. The molecule has 1 saturated heterocycles. The lowest BCUT2D eigenvalue weighted by molar-refractivity contribution is -0.384. The molecule has 0 saturated carbocycles. The minimum Gasteiger partial charge on any atom is -0.368 e. The van der Waals surface area contributed by atoms with Crippen molar-refractivity contribution in [2.24, 2.45) is 0 Å². The van der Waals surface area contributed by atoms with E-state index in [0.717, 1.165) is 25.3 Å². The van der Waals surface area contributed by atoms with Gasteiger partial charge in [0.2, 0.25) is 0 Å². The third kappa shape index (κ3) is 2.41. The zero-order valence-corrected chi connectivity index (χ0v) is 10.1. The molecule has 18 heavy (non-hydrogen) atoms. The van der Waals surface area contributed by atoms with Gasteiger partial charge in [-0.3, -0.25) is 10.1 Å². The van der Waals surface area contributed by atoms with E-state index >= 15 is 0 Å². The van der Waals surface area contributed by atoms with Gasteiger partial charge in [-0.1, -0.05) is 0 Å². The molecule has 1 fully saturated rings. The first-order valence-corrected chi connectivity index (χ1v) is 5.78. The average Bonchev–Trinajstić information content (AvgIpc) is 2.37. The Balaban J connectivity index is 2.33. The molecular formula is C12H14N4O2. The van der Waals surface area contributed by atoms with Gasteiger partial charge in [0.1, 0.15) is 6.07 Å². The molecule has 0 aromatic heterocycles. The van der Waals surface area contributed by atoms with Crippen molar-refractivity contribution >= 4 is 11.4 Å². The zero-order chi connectivity index (χ0) is 13.1. The largest absolute Gasteiger partial charge is 0.368 e. The highest BCUT2D eigenvalue weighted by Crippen LogP contribution is 2.25. The van der Waals surface area contributed by atoms with Gasteiger partial charge >= 0.3 is 0 Å². The molecule has 0 radical (unpaired) electrons. The zero-order valence-electron chi connectivity index (χ0n) is 10.1. The van der Waals surface area contributed by atoms with E-state index in [2.05, 4.69) is 17.1 Å². The van der Waals surface area contributed by atoms with Gasteiger partial charge in [-0.2, -0.15) is 5.26 Å². The summed E-state index contributed by atoms with van der Waals surface area (Å²) < 4.78 is 0. The number of nitro groups is 1. The van der Waals surface area contributed by atoms with Crippen LogP contribution in [0.4, 0.5) is 11.4 Å². The van der Waals surface area contributed by atoms with Crippen LogP contribution in [0.3, 0.4) is 0 Å². The summed E-state index contributed by atoms with van der Waals surface area (Å²) in [6.45, 7) is 4.52. The molecule has 1 aromatic carbocycles. The summed E-state index contributed by atoms with van der Waals surface area (Å²) in [6.07, 6.45) is 0. The number of nitrogens with zero attached hydrogens (tertiary/aromatic N) is 3. The molecule has 1 heterocycles. The second-order valence-electron chi connectivity index (χ2n) is 4.37. The number of nitro benzene ring substituents is 1. The average molecular weight is 246 g/mol. The molecule has 0 unspecified atom stereocenters. The van der Waals surface area contributed by atoms with Crippen LogP contribution in [0.15, 0.2) is 18.2 Å². The minimum absolute atomic E-state index is 0.0431. The molecule has 1 aliphatic rings. The van der Waals surface area contributed by atoms with Crippen LogP contribution < -0.4 is 10.2 Å². The van der Waals surface area contributed by atoms with E-state index in [1.807, 2.05) is 6.07 Å². The molecule has 1 atom stereocenters. The number of piperazine rings is 1. The Kier molecular flexibility index (Phi) is 3.44.